The lowest BCUT2D eigenvalue weighted by Gasteiger charge is -1.97. The first kappa shape index (κ1) is 12.3. The first-order valence-corrected chi connectivity index (χ1v) is 6.01. The van der Waals surface area contributed by atoms with Gasteiger partial charge in [-0.05, 0) is 6.07 Å². The van der Waals surface area contributed by atoms with E-state index < -0.39 is 4.92 Å². The lowest BCUT2D eigenvalue weighted by molar-refractivity contribution is -0.384. The third-order valence-electron chi connectivity index (χ3n) is 3.09. The molecule has 0 saturated heterocycles. The highest BCUT2D eigenvalue weighted by atomic mass is 16.6. The predicted molar refractivity (Wildman–Crippen MR) is 73.2 cm³/mol. The quantitative estimate of drug-likeness (QED) is 0.584. The molecular formula is C14H11N3O3. The number of non-ortho nitro benzene ring substituents is 1. The van der Waals surface area contributed by atoms with Gasteiger partial charge in [0.15, 0.2) is 0 Å². The van der Waals surface area contributed by atoms with E-state index in [9.17, 15) is 15.2 Å². The molecule has 0 spiro atoms. The molecule has 20 heavy (non-hydrogen) atoms. The second kappa shape index (κ2) is 4.75. The lowest BCUT2D eigenvalue weighted by Crippen LogP contribution is -1.90. The van der Waals surface area contributed by atoms with E-state index >= 15 is 0 Å². The molecule has 1 N–H and O–H groups in total. The average Bonchev–Trinajstić information content (AvgIpc) is 2.91. The van der Waals surface area contributed by atoms with Crippen LogP contribution in [0.1, 0.15) is 5.56 Å². The second-order valence-electron chi connectivity index (χ2n) is 4.36. The van der Waals surface area contributed by atoms with Gasteiger partial charge in [-0.1, -0.05) is 18.2 Å². The summed E-state index contributed by atoms with van der Waals surface area (Å²) in [6, 6.07) is 9.94. The van der Waals surface area contributed by atoms with E-state index in [4.69, 9.17) is 0 Å². The van der Waals surface area contributed by atoms with Crippen LogP contribution >= 0.6 is 0 Å². The minimum absolute atomic E-state index is 0.0296. The summed E-state index contributed by atoms with van der Waals surface area (Å²) in [7, 11) is 0. The maximum absolute atomic E-state index is 10.8. The smallest absolute Gasteiger partial charge is 0.270 e. The van der Waals surface area contributed by atoms with Gasteiger partial charge < -0.3 is 9.51 Å². The summed E-state index contributed by atoms with van der Waals surface area (Å²) in [6.07, 6.45) is 3.61. The molecule has 0 atom stereocenters. The minimum atomic E-state index is -0.432. The number of hydrogen-bond acceptors (Lipinski definition) is 4. The molecule has 0 saturated carbocycles. The molecule has 0 bridgehead atoms. The van der Waals surface area contributed by atoms with E-state index in [1.165, 1.54) is 12.1 Å². The van der Waals surface area contributed by atoms with Crippen LogP contribution in [0.4, 0.5) is 5.69 Å². The van der Waals surface area contributed by atoms with Crippen molar-refractivity contribution >= 4 is 11.3 Å². The zero-order valence-corrected chi connectivity index (χ0v) is 10.4. The summed E-state index contributed by atoms with van der Waals surface area (Å²) < 4.78 is 1.79. The third-order valence-corrected chi connectivity index (χ3v) is 3.09. The van der Waals surface area contributed by atoms with Gasteiger partial charge in [-0.15, -0.1) is 0 Å². The number of nitro benzene ring substituents is 1. The van der Waals surface area contributed by atoms with Crippen LogP contribution < -0.4 is 0 Å². The highest BCUT2D eigenvalue weighted by Gasteiger charge is 2.11. The Hall–Kier alpha value is -2.73. The fourth-order valence-corrected chi connectivity index (χ4v) is 2.11. The van der Waals surface area contributed by atoms with Crippen LogP contribution in [0, 0.1) is 10.1 Å². The van der Waals surface area contributed by atoms with Crippen molar-refractivity contribution in [1.29, 1.82) is 0 Å². The van der Waals surface area contributed by atoms with Crippen molar-refractivity contribution in [2.24, 2.45) is 0 Å². The Labute approximate surface area is 114 Å². The van der Waals surface area contributed by atoms with Crippen LogP contribution in [0.15, 0.2) is 48.8 Å². The maximum atomic E-state index is 10.8. The van der Waals surface area contributed by atoms with Gasteiger partial charge in [0.2, 0.25) is 0 Å². The van der Waals surface area contributed by atoms with Gasteiger partial charge in [0.1, 0.15) is 5.65 Å². The van der Waals surface area contributed by atoms with Crippen LogP contribution in [0.3, 0.4) is 0 Å². The second-order valence-corrected chi connectivity index (χ2v) is 4.36. The largest absolute Gasteiger partial charge is 0.392 e. The van der Waals surface area contributed by atoms with Gasteiger partial charge in [-0.2, -0.15) is 0 Å². The molecule has 6 nitrogen and oxygen atoms in total. The zero-order chi connectivity index (χ0) is 14.1. The number of nitro groups is 1. The molecule has 6 heteroatoms. The first-order chi connectivity index (χ1) is 9.69. The monoisotopic (exact) mass is 269 g/mol. The van der Waals surface area contributed by atoms with Gasteiger partial charge in [0, 0.05) is 35.7 Å². The van der Waals surface area contributed by atoms with Crippen molar-refractivity contribution in [2.45, 2.75) is 6.61 Å². The van der Waals surface area contributed by atoms with E-state index in [2.05, 4.69) is 4.98 Å². The average molecular weight is 269 g/mol. The Morgan fingerprint density at radius 3 is 2.90 bits per heavy atom. The number of nitrogens with zero attached hydrogens (tertiary/aromatic N) is 3. The van der Waals surface area contributed by atoms with Crippen LogP contribution in [-0.2, 0) is 6.61 Å². The third kappa shape index (κ3) is 2.02. The number of hydrogen-bond donors (Lipinski definition) is 1. The molecule has 2 aromatic heterocycles. The van der Waals surface area contributed by atoms with Crippen LogP contribution in [0.25, 0.3) is 16.9 Å². The Balaban J connectivity index is 2.15. The highest BCUT2D eigenvalue weighted by molar-refractivity contribution is 5.66. The molecule has 2 heterocycles. The van der Waals surface area contributed by atoms with E-state index in [0.29, 0.717) is 22.5 Å². The van der Waals surface area contributed by atoms with Crippen molar-refractivity contribution in [3.8, 4) is 11.3 Å². The van der Waals surface area contributed by atoms with Crippen molar-refractivity contribution in [3.05, 3.63) is 64.5 Å². The fraction of sp³-hybridized carbons (Fsp3) is 0.0714. The van der Waals surface area contributed by atoms with E-state index in [1.54, 1.807) is 28.8 Å². The first-order valence-electron chi connectivity index (χ1n) is 6.01. The zero-order valence-electron chi connectivity index (χ0n) is 10.4. The number of rotatable bonds is 3. The molecule has 3 rings (SSSR count). The minimum Gasteiger partial charge on any atom is -0.392 e. The predicted octanol–water partition coefficient (Wildman–Crippen LogP) is 2.40. The Kier molecular flexibility index (Phi) is 2.92. The normalized spacial score (nSPS) is 10.8. The Morgan fingerprint density at radius 1 is 1.30 bits per heavy atom. The van der Waals surface area contributed by atoms with Crippen LogP contribution in [0.5, 0.6) is 0 Å². The molecule has 0 aliphatic carbocycles. The van der Waals surface area contributed by atoms with E-state index in [0.717, 1.165) is 0 Å². The summed E-state index contributed by atoms with van der Waals surface area (Å²) in [6.45, 7) is -0.101. The molecule has 1 aromatic carbocycles. The SMILES string of the molecule is O=[N+]([O-])c1cccc(-c2cn3cccc(CO)c3n2)c1. The highest BCUT2D eigenvalue weighted by Crippen LogP contribution is 2.24. The van der Waals surface area contributed by atoms with Crippen LogP contribution in [-0.4, -0.2) is 19.4 Å². The van der Waals surface area contributed by atoms with Gasteiger partial charge in [0.25, 0.3) is 5.69 Å². The molecule has 0 aliphatic rings. The molecular weight excluding hydrogens is 258 g/mol. The summed E-state index contributed by atoms with van der Waals surface area (Å²) in [5.41, 5.74) is 2.70. The number of benzene rings is 1. The number of aromatic nitrogens is 2. The summed E-state index contributed by atoms with van der Waals surface area (Å²) >= 11 is 0. The maximum Gasteiger partial charge on any atom is 0.270 e. The molecule has 3 aromatic rings. The van der Waals surface area contributed by atoms with Gasteiger partial charge in [0.05, 0.1) is 17.2 Å². The van der Waals surface area contributed by atoms with Crippen LogP contribution in [0.2, 0.25) is 0 Å². The van der Waals surface area contributed by atoms with Gasteiger partial charge in [-0.25, -0.2) is 4.98 Å². The van der Waals surface area contributed by atoms with E-state index in [-0.39, 0.29) is 12.3 Å². The van der Waals surface area contributed by atoms with Crippen molar-refractivity contribution in [3.63, 3.8) is 0 Å². The number of pyridine rings is 1. The number of fused-ring (bicyclic) bond motifs is 1. The molecule has 0 fully saturated rings. The molecule has 0 amide bonds. The fourth-order valence-electron chi connectivity index (χ4n) is 2.11. The summed E-state index contributed by atoms with van der Waals surface area (Å²) in [5.74, 6) is 0. The Morgan fingerprint density at radius 2 is 2.15 bits per heavy atom. The standard InChI is InChI=1S/C14H11N3O3/c18-9-11-4-2-6-16-8-13(15-14(11)16)10-3-1-5-12(7-10)17(19)20/h1-8,18H,9H2. The lowest BCUT2D eigenvalue weighted by atomic mass is 10.1. The van der Waals surface area contributed by atoms with Crippen molar-refractivity contribution in [2.75, 3.05) is 0 Å². The number of aliphatic hydroxyl groups is 1. The molecule has 100 valence electrons. The summed E-state index contributed by atoms with van der Waals surface area (Å²) in [4.78, 5) is 14.8. The molecule has 0 radical (unpaired) electrons. The van der Waals surface area contributed by atoms with Gasteiger partial charge in [-0.3, -0.25) is 10.1 Å². The Bertz CT molecular complexity index is 795. The molecule has 0 aliphatic heterocycles. The van der Waals surface area contributed by atoms with E-state index in [1.807, 2.05) is 12.3 Å². The molecule has 0 unspecified atom stereocenters. The summed E-state index contributed by atoms with van der Waals surface area (Å²) in [5, 5.41) is 20.1. The topological polar surface area (TPSA) is 80.7 Å². The number of imidazole rings is 1. The van der Waals surface area contributed by atoms with Crippen molar-refractivity contribution in [1.82, 2.24) is 9.38 Å². The number of aliphatic hydroxyl groups excluding tert-OH is 1. The van der Waals surface area contributed by atoms with Gasteiger partial charge >= 0.3 is 0 Å². The van der Waals surface area contributed by atoms with Crippen molar-refractivity contribution < 1.29 is 10.0 Å².